The van der Waals surface area contributed by atoms with Crippen molar-refractivity contribution in [3.05, 3.63) is 72.9 Å². The minimum absolute atomic E-state index is 0.0693. The summed E-state index contributed by atoms with van der Waals surface area (Å²) < 4.78 is 10.6. The molecule has 1 unspecified atom stereocenters. The molecule has 0 saturated heterocycles. The van der Waals surface area contributed by atoms with E-state index in [4.69, 9.17) is 9.47 Å². The fraction of sp³-hybridized carbons (Fsp3) is 0.745. The Labute approximate surface area is 372 Å². The van der Waals surface area contributed by atoms with Gasteiger partial charge in [0.1, 0.15) is 6.61 Å². The summed E-state index contributed by atoms with van der Waals surface area (Å²) in [6.07, 6.45) is 68.7. The third-order valence-corrected chi connectivity index (χ3v) is 11.0. The summed E-state index contributed by atoms with van der Waals surface area (Å²) in [5, 5.41) is 9.59. The number of hydrogen-bond donors (Lipinski definition) is 1. The molecular formula is C55H96O5. The highest BCUT2D eigenvalue weighted by Crippen LogP contribution is 2.16. The molecule has 5 nitrogen and oxygen atoms in total. The third-order valence-electron chi connectivity index (χ3n) is 11.0. The van der Waals surface area contributed by atoms with Crippen molar-refractivity contribution in [2.24, 2.45) is 0 Å². The second-order valence-electron chi connectivity index (χ2n) is 16.9. The Morgan fingerprint density at radius 1 is 0.400 bits per heavy atom. The van der Waals surface area contributed by atoms with Crippen LogP contribution in [0.4, 0.5) is 0 Å². The van der Waals surface area contributed by atoms with Crippen LogP contribution < -0.4 is 0 Å². The van der Waals surface area contributed by atoms with Gasteiger partial charge in [0.25, 0.3) is 0 Å². The van der Waals surface area contributed by atoms with Crippen LogP contribution in [0.25, 0.3) is 0 Å². The molecule has 0 aromatic heterocycles. The maximum absolute atomic E-state index is 12.2. The molecule has 0 aliphatic heterocycles. The number of esters is 2. The van der Waals surface area contributed by atoms with Gasteiger partial charge in [0.05, 0.1) is 6.61 Å². The predicted octanol–water partition coefficient (Wildman–Crippen LogP) is 16.9. The quantitative estimate of drug-likeness (QED) is 0.0376. The van der Waals surface area contributed by atoms with Crippen molar-refractivity contribution in [3.8, 4) is 0 Å². The van der Waals surface area contributed by atoms with Gasteiger partial charge in [0, 0.05) is 12.8 Å². The summed E-state index contributed by atoms with van der Waals surface area (Å²) >= 11 is 0. The lowest BCUT2D eigenvalue weighted by Crippen LogP contribution is -2.28. The lowest BCUT2D eigenvalue weighted by Gasteiger charge is -2.15. The van der Waals surface area contributed by atoms with E-state index in [1.54, 1.807) is 0 Å². The van der Waals surface area contributed by atoms with Gasteiger partial charge in [-0.1, -0.05) is 228 Å². The molecule has 0 aromatic carbocycles. The van der Waals surface area contributed by atoms with Crippen LogP contribution in [0.3, 0.4) is 0 Å². The highest BCUT2D eigenvalue weighted by molar-refractivity contribution is 5.70. The van der Waals surface area contributed by atoms with Gasteiger partial charge in [-0.15, -0.1) is 0 Å². The lowest BCUT2D eigenvalue weighted by molar-refractivity contribution is -0.161. The Morgan fingerprint density at radius 2 is 0.717 bits per heavy atom. The third kappa shape index (κ3) is 48.0. The zero-order valence-electron chi connectivity index (χ0n) is 39.5. The van der Waals surface area contributed by atoms with E-state index in [2.05, 4.69) is 86.8 Å². The Balaban J connectivity index is 3.43. The number of unbranched alkanes of at least 4 members (excludes halogenated alkanes) is 26. The molecule has 0 rings (SSSR count). The van der Waals surface area contributed by atoms with Crippen molar-refractivity contribution in [1.29, 1.82) is 0 Å². The molecule has 1 N–H and O–H groups in total. The van der Waals surface area contributed by atoms with E-state index in [9.17, 15) is 14.7 Å². The van der Waals surface area contributed by atoms with Crippen LogP contribution in [-0.4, -0.2) is 36.4 Å². The first kappa shape index (κ1) is 57.3. The second-order valence-corrected chi connectivity index (χ2v) is 16.9. The van der Waals surface area contributed by atoms with Gasteiger partial charge in [0.15, 0.2) is 6.10 Å². The molecule has 0 fully saturated rings. The first-order valence-electron chi connectivity index (χ1n) is 25.5. The average Bonchev–Trinajstić information content (AvgIpc) is 3.25. The van der Waals surface area contributed by atoms with Gasteiger partial charge in [-0.3, -0.25) is 9.59 Å². The Kier molecular flexibility index (Phi) is 48.4. The smallest absolute Gasteiger partial charge is 0.306 e. The number of allylic oxidation sites excluding steroid dienone is 12. The van der Waals surface area contributed by atoms with Crippen molar-refractivity contribution >= 4 is 11.9 Å². The number of aliphatic hydroxyl groups excluding tert-OH is 1. The zero-order chi connectivity index (χ0) is 43.5. The molecule has 0 heterocycles. The minimum atomic E-state index is -0.774. The van der Waals surface area contributed by atoms with Crippen LogP contribution in [-0.2, 0) is 19.1 Å². The minimum Gasteiger partial charge on any atom is -0.462 e. The van der Waals surface area contributed by atoms with Crippen LogP contribution in [0.1, 0.15) is 245 Å². The summed E-state index contributed by atoms with van der Waals surface area (Å²) in [5.41, 5.74) is 0. The number of carbonyl (C=O) groups excluding carboxylic acids is 2. The normalized spacial score (nSPS) is 12.8. The SMILES string of the molecule is CC/C=C\C/C=C\C/C=C\C/C=C\C/C=C\CCCCCCCCCCCCCCCCCCCCCC(=O)OC(CO)COC(=O)CCCCCCC/C=C\CCCC. The molecule has 0 saturated carbocycles. The summed E-state index contributed by atoms with van der Waals surface area (Å²) in [6.45, 7) is 3.99. The van der Waals surface area contributed by atoms with Crippen molar-refractivity contribution in [1.82, 2.24) is 0 Å². The van der Waals surface area contributed by atoms with Gasteiger partial charge in [0.2, 0.25) is 0 Å². The molecule has 1 atom stereocenters. The highest BCUT2D eigenvalue weighted by Gasteiger charge is 2.16. The van der Waals surface area contributed by atoms with Gasteiger partial charge in [-0.2, -0.15) is 0 Å². The summed E-state index contributed by atoms with van der Waals surface area (Å²) in [5.74, 6) is -0.597. The summed E-state index contributed by atoms with van der Waals surface area (Å²) in [7, 11) is 0. The Morgan fingerprint density at radius 3 is 1.10 bits per heavy atom. The number of rotatable bonds is 46. The van der Waals surface area contributed by atoms with E-state index < -0.39 is 6.10 Å². The van der Waals surface area contributed by atoms with E-state index in [0.717, 1.165) is 77.0 Å². The van der Waals surface area contributed by atoms with Crippen LogP contribution in [0.5, 0.6) is 0 Å². The molecule has 346 valence electrons. The maximum Gasteiger partial charge on any atom is 0.306 e. The standard InChI is InChI=1S/C55H96O5/c1-3-5-7-9-11-13-15-16-17-18-19-20-21-22-23-24-25-26-27-28-29-30-31-32-33-34-35-36-37-38-40-42-44-46-48-50-55(58)60-53(51-56)52-59-54(57)49-47-45-43-41-39-14-12-10-8-6-4-2/h5,7,10-13,16-17,19-20,22-23,53,56H,3-4,6,8-9,14-15,18,21,24-52H2,1-2H3/b7-5-,12-10-,13-11-,17-16-,20-19-,23-22-. The zero-order valence-corrected chi connectivity index (χ0v) is 39.5. The molecule has 0 bridgehead atoms. The van der Waals surface area contributed by atoms with E-state index in [-0.39, 0.29) is 25.2 Å². The molecule has 60 heavy (non-hydrogen) atoms. The van der Waals surface area contributed by atoms with Gasteiger partial charge in [-0.05, 0) is 77.0 Å². The molecule has 0 aliphatic carbocycles. The molecule has 0 aromatic rings. The summed E-state index contributed by atoms with van der Waals surface area (Å²) in [4.78, 5) is 24.3. The molecular weight excluding hydrogens is 741 g/mol. The monoisotopic (exact) mass is 837 g/mol. The van der Waals surface area contributed by atoms with E-state index in [0.29, 0.717) is 12.8 Å². The Hall–Kier alpha value is -2.66. The largest absolute Gasteiger partial charge is 0.462 e. The molecule has 0 radical (unpaired) electrons. The number of carbonyl (C=O) groups is 2. The van der Waals surface area contributed by atoms with Crippen LogP contribution >= 0.6 is 0 Å². The van der Waals surface area contributed by atoms with Crippen molar-refractivity contribution < 1.29 is 24.2 Å². The molecule has 0 aliphatic rings. The average molecular weight is 837 g/mol. The molecule has 0 spiro atoms. The number of ether oxygens (including phenoxy) is 2. The van der Waals surface area contributed by atoms with Crippen molar-refractivity contribution in [2.45, 2.75) is 251 Å². The molecule has 0 amide bonds. The number of hydrogen-bond acceptors (Lipinski definition) is 5. The Bertz CT molecular complexity index is 1080. The van der Waals surface area contributed by atoms with Crippen molar-refractivity contribution in [2.75, 3.05) is 13.2 Å². The first-order valence-corrected chi connectivity index (χ1v) is 25.5. The van der Waals surface area contributed by atoms with Crippen LogP contribution in [0.2, 0.25) is 0 Å². The van der Waals surface area contributed by atoms with E-state index in [1.807, 2.05) is 0 Å². The fourth-order valence-electron chi connectivity index (χ4n) is 7.15. The topological polar surface area (TPSA) is 72.8 Å². The van der Waals surface area contributed by atoms with Crippen LogP contribution in [0, 0.1) is 0 Å². The van der Waals surface area contributed by atoms with Gasteiger partial charge >= 0.3 is 11.9 Å². The van der Waals surface area contributed by atoms with E-state index >= 15 is 0 Å². The van der Waals surface area contributed by atoms with Gasteiger partial charge in [-0.25, -0.2) is 0 Å². The molecule has 5 heteroatoms. The van der Waals surface area contributed by atoms with Crippen molar-refractivity contribution in [3.63, 3.8) is 0 Å². The van der Waals surface area contributed by atoms with E-state index in [1.165, 1.54) is 141 Å². The first-order chi connectivity index (χ1) is 29.6. The fourth-order valence-corrected chi connectivity index (χ4v) is 7.15. The predicted molar refractivity (Wildman–Crippen MR) is 260 cm³/mol. The second kappa shape index (κ2) is 50.7. The summed E-state index contributed by atoms with van der Waals surface area (Å²) in [6, 6.07) is 0. The lowest BCUT2D eigenvalue weighted by atomic mass is 10.0. The van der Waals surface area contributed by atoms with Crippen LogP contribution in [0.15, 0.2) is 72.9 Å². The maximum atomic E-state index is 12.2. The van der Waals surface area contributed by atoms with Gasteiger partial charge < -0.3 is 14.6 Å². The number of aliphatic hydroxyl groups is 1. The highest BCUT2D eigenvalue weighted by atomic mass is 16.6.